The van der Waals surface area contributed by atoms with Gasteiger partial charge in [-0.2, -0.15) is 0 Å². The van der Waals surface area contributed by atoms with Crippen molar-refractivity contribution in [1.82, 2.24) is 9.55 Å². The van der Waals surface area contributed by atoms with E-state index >= 15 is 0 Å². The van der Waals surface area contributed by atoms with Crippen LogP contribution in [0, 0.1) is 0 Å². The Balaban J connectivity index is 1.50. The number of pyridine rings is 1. The number of rotatable bonds is 5. The van der Waals surface area contributed by atoms with Gasteiger partial charge in [-0.1, -0.05) is 41.9 Å². The minimum Gasteiger partial charge on any atom is -0.394 e. The maximum absolute atomic E-state index is 9.79. The Hall–Kier alpha value is -2.16. The van der Waals surface area contributed by atoms with E-state index in [9.17, 15) is 5.11 Å². The number of aromatic nitrogens is 2. The second kappa shape index (κ2) is 7.76. The molecule has 2 aromatic heterocycles. The van der Waals surface area contributed by atoms with Crippen molar-refractivity contribution in [2.45, 2.75) is 57.1 Å². The van der Waals surface area contributed by atoms with Gasteiger partial charge in [-0.15, -0.1) is 0 Å². The first kappa shape index (κ1) is 20.7. The van der Waals surface area contributed by atoms with Gasteiger partial charge in [-0.05, 0) is 38.5 Å². The summed E-state index contributed by atoms with van der Waals surface area (Å²) in [6.07, 6.45) is 0.263. The van der Waals surface area contributed by atoms with E-state index in [0.29, 0.717) is 10.8 Å². The number of halogens is 1. The molecule has 2 N–H and O–H groups in total. The third-order valence-corrected chi connectivity index (χ3v) is 6.10. The monoisotopic (exact) mass is 443 g/mol. The predicted molar refractivity (Wildman–Crippen MR) is 118 cm³/mol. The molecule has 0 bridgehead atoms. The van der Waals surface area contributed by atoms with Crippen molar-refractivity contribution in [2.24, 2.45) is 0 Å². The second-order valence-corrected chi connectivity index (χ2v) is 8.93. The minimum atomic E-state index is -0.739. The summed E-state index contributed by atoms with van der Waals surface area (Å²) in [6, 6.07) is 14.1. The fourth-order valence-corrected chi connectivity index (χ4v) is 4.70. The highest BCUT2D eigenvalue weighted by Gasteiger charge is 2.55. The SMILES string of the molecule is C[C@@H](Nc1cc(Cl)nc2c1ccn2[C@@H]1O[C@H](CO)[C@H]2OC(C)(C)O[C@H]21)c1ccccc1. The molecular weight excluding hydrogens is 418 g/mol. The van der Waals surface area contributed by atoms with E-state index < -0.39 is 18.1 Å². The number of aliphatic hydroxyl groups excluding tert-OH is 1. The molecule has 2 aliphatic heterocycles. The van der Waals surface area contributed by atoms with Gasteiger partial charge in [0.25, 0.3) is 0 Å². The topological polar surface area (TPSA) is 77.8 Å². The molecule has 7 nitrogen and oxygen atoms in total. The van der Waals surface area contributed by atoms with Gasteiger partial charge in [0, 0.05) is 23.3 Å². The highest BCUT2D eigenvalue weighted by molar-refractivity contribution is 6.30. The number of nitrogens with one attached hydrogen (secondary N) is 1. The van der Waals surface area contributed by atoms with E-state index in [2.05, 4.69) is 29.4 Å². The summed E-state index contributed by atoms with van der Waals surface area (Å²) in [5.74, 6) is -0.739. The molecule has 8 heteroatoms. The van der Waals surface area contributed by atoms with Gasteiger partial charge in [0.2, 0.25) is 0 Å². The number of benzene rings is 1. The van der Waals surface area contributed by atoms with Gasteiger partial charge in [0.1, 0.15) is 29.1 Å². The molecule has 0 saturated carbocycles. The summed E-state index contributed by atoms with van der Waals surface area (Å²) in [7, 11) is 0. The summed E-state index contributed by atoms with van der Waals surface area (Å²) in [6.45, 7) is 5.69. The van der Waals surface area contributed by atoms with Crippen LogP contribution in [-0.4, -0.2) is 45.4 Å². The average molecular weight is 444 g/mol. The number of fused-ring (bicyclic) bond motifs is 2. The Kier molecular flexibility index (Phi) is 5.19. The lowest BCUT2D eigenvalue weighted by molar-refractivity contribution is -0.199. The molecule has 0 unspecified atom stereocenters. The summed E-state index contributed by atoms with van der Waals surface area (Å²) in [5, 5.41) is 14.7. The van der Waals surface area contributed by atoms with E-state index in [1.165, 1.54) is 5.56 Å². The van der Waals surface area contributed by atoms with Gasteiger partial charge >= 0.3 is 0 Å². The molecule has 3 aromatic rings. The molecule has 2 fully saturated rings. The molecule has 2 saturated heterocycles. The Morgan fingerprint density at radius 3 is 2.68 bits per heavy atom. The highest BCUT2D eigenvalue weighted by atomic mass is 35.5. The zero-order valence-corrected chi connectivity index (χ0v) is 18.4. The molecule has 164 valence electrons. The van der Waals surface area contributed by atoms with Crippen molar-refractivity contribution >= 4 is 28.3 Å². The van der Waals surface area contributed by atoms with Gasteiger partial charge in [-0.25, -0.2) is 4.98 Å². The smallest absolute Gasteiger partial charge is 0.164 e. The summed E-state index contributed by atoms with van der Waals surface area (Å²) in [5.41, 5.74) is 2.75. The van der Waals surface area contributed by atoms with Crippen LogP contribution in [0.3, 0.4) is 0 Å². The van der Waals surface area contributed by atoms with Crippen LogP contribution in [0.2, 0.25) is 5.15 Å². The van der Waals surface area contributed by atoms with Gasteiger partial charge < -0.3 is 29.2 Å². The second-order valence-electron chi connectivity index (χ2n) is 8.54. The van der Waals surface area contributed by atoms with E-state index in [0.717, 1.165) is 11.1 Å². The molecule has 0 aliphatic carbocycles. The summed E-state index contributed by atoms with van der Waals surface area (Å²) >= 11 is 6.40. The minimum absolute atomic E-state index is 0.0875. The van der Waals surface area contributed by atoms with Gasteiger partial charge in [0.15, 0.2) is 12.0 Å². The maximum atomic E-state index is 9.79. The standard InChI is InChI=1S/C23H26ClN3O4/c1-13(14-7-5-4-6-8-14)25-16-11-18(24)26-21-15(16)9-10-27(21)22-20-19(17(12-28)29-22)30-23(2,3)31-20/h4-11,13,17,19-20,22,28H,12H2,1-3H3,(H,25,26)/t13-,17-,19-,20-,22-/m1/s1. The van der Waals surface area contributed by atoms with Crippen molar-refractivity contribution in [1.29, 1.82) is 0 Å². The molecule has 5 rings (SSSR count). The van der Waals surface area contributed by atoms with Crippen LogP contribution in [0.1, 0.15) is 38.6 Å². The first-order valence-electron chi connectivity index (χ1n) is 10.5. The fraction of sp³-hybridized carbons (Fsp3) is 0.435. The molecule has 0 radical (unpaired) electrons. The van der Waals surface area contributed by atoms with Crippen LogP contribution in [0.5, 0.6) is 0 Å². The normalized spacial score (nSPS) is 28.0. The van der Waals surface area contributed by atoms with E-state index in [4.69, 9.17) is 25.8 Å². The third kappa shape index (κ3) is 3.70. The van der Waals surface area contributed by atoms with Crippen molar-refractivity contribution in [3.63, 3.8) is 0 Å². The van der Waals surface area contributed by atoms with Gasteiger partial charge in [-0.3, -0.25) is 0 Å². The van der Waals surface area contributed by atoms with E-state index in [1.54, 1.807) is 0 Å². The zero-order chi connectivity index (χ0) is 21.8. The van der Waals surface area contributed by atoms with E-state index in [1.807, 2.05) is 54.9 Å². The maximum Gasteiger partial charge on any atom is 0.164 e. The molecule has 5 atom stereocenters. The van der Waals surface area contributed by atoms with Crippen LogP contribution in [-0.2, 0) is 14.2 Å². The fourth-order valence-electron chi connectivity index (χ4n) is 4.51. The first-order valence-corrected chi connectivity index (χ1v) is 10.8. The van der Waals surface area contributed by atoms with Crippen LogP contribution >= 0.6 is 11.6 Å². The molecule has 0 spiro atoms. The number of hydrogen-bond acceptors (Lipinski definition) is 6. The van der Waals surface area contributed by atoms with Crippen LogP contribution in [0.4, 0.5) is 5.69 Å². The number of anilines is 1. The lowest BCUT2D eigenvalue weighted by Gasteiger charge is -2.24. The first-order chi connectivity index (χ1) is 14.9. The number of nitrogens with zero attached hydrogens (tertiary/aromatic N) is 2. The largest absolute Gasteiger partial charge is 0.394 e. The number of hydrogen-bond donors (Lipinski definition) is 2. The van der Waals surface area contributed by atoms with Crippen molar-refractivity contribution in [3.8, 4) is 0 Å². The molecule has 31 heavy (non-hydrogen) atoms. The number of aliphatic hydroxyl groups is 1. The van der Waals surface area contributed by atoms with Crippen LogP contribution in [0.25, 0.3) is 11.0 Å². The highest BCUT2D eigenvalue weighted by Crippen LogP contribution is 2.44. The third-order valence-electron chi connectivity index (χ3n) is 5.90. The molecule has 1 aromatic carbocycles. The molecular formula is C23H26ClN3O4. The zero-order valence-electron chi connectivity index (χ0n) is 17.7. The van der Waals surface area contributed by atoms with Crippen LogP contribution in [0.15, 0.2) is 48.7 Å². The Labute approximate surface area is 185 Å². The predicted octanol–water partition coefficient (Wildman–Crippen LogP) is 4.27. The van der Waals surface area contributed by atoms with Crippen molar-refractivity contribution in [2.75, 3.05) is 11.9 Å². The van der Waals surface area contributed by atoms with Crippen molar-refractivity contribution < 1.29 is 19.3 Å². The average Bonchev–Trinajstić information content (AvgIpc) is 3.39. The van der Waals surface area contributed by atoms with Crippen LogP contribution < -0.4 is 5.32 Å². The Morgan fingerprint density at radius 1 is 1.19 bits per heavy atom. The molecule has 0 amide bonds. The van der Waals surface area contributed by atoms with Gasteiger partial charge in [0.05, 0.1) is 6.61 Å². The summed E-state index contributed by atoms with van der Waals surface area (Å²) < 4.78 is 20.1. The van der Waals surface area contributed by atoms with E-state index in [-0.39, 0.29) is 24.9 Å². The van der Waals surface area contributed by atoms with Crippen molar-refractivity contribution in [3.05, 3.63) is 59.4 Å². The molecule has 2 aliphatic rings. The Bertz CT molecular complexity index is 1090. The summed E-state index contributed by atoms with van der Waals surface area (Å²) in [4.78, 5) is 4.57. The quantitative estimate of drug-likeness (QED) is 0.573. The lowest BCUT2D eigenvalue weighted by Crippen LogP contribution is -2.31. The lowest BCUT2D eigenvalue weighted by atomic mass is 10.1. The number of ether oxygens (including phenoxy) is 3. The Morgan fingerprint density at radius 2 is 1.94 bits per heavy atom. The molecule has 4 heterocycles.